The number of para-hydroxylation sites is 1. The molecule has 3 aromatic carbocycles. The van der Waals surface area contributed by atoms with Gasteiger partial charge in [0, 0.05) is 27.1 Å². The second-order valence-corrected chi connectivity index (χ2v) is 10.2. The Morgan fingerprint density at radius 2 is 1.62 bits per heavy atom. The third-order valence-electron chi connectivity index (χ3n) is 6.09. The van der Waals surface area contributed by atoms with Crippen LogP contribution < -0.4 is 4.74 Å². The van der Waals surface area contributed by atoms with Crippen LogP contribution in [0.4, 0.5) is 4.79 Å². The lowest BCUT2D eigenvalue weighted by atomic mass is 10.00. The molecule has 0 aliphatic heterocycles. The molecule has 0 aliphatic carbocycles. The van der Waals surface area contributed by atoms with Crippen LogP contribution in [0.2, 0.25) is 0 Å². The molecule has 7 heteroatoms. The summed E-state index contributed by atoms with van der Waals surface area (Å²) in [5.41, 5.74) is 1.23. The van der Waals surface area contributed by atoms with Crippen LogP contribution in [0.5, 0.6) is 5.75 Å². The van der Waals surface area contributed by atoms with Crippen molar-refractivity contribution in [3.63, 3.8) is 0 Å². The van der Waals surface area contributed by atoms with E-state index in [0.717, 1.165) is 21.9 Å². The Bertz CT molecular complexity index is 1200. The number of likely N-dealkylation sites (N-methyl/N-ethyl adjacent to an activating group) is 2. The zero-order valence-corrected chi connectivity index (χ0v) is 22.4. The van der Waals surface area contributed by atoms with Crippen LogP contribution in [0.15, 0.2) is 66.7 Å². The Morgan fingerprint density at radius 1 is 0.946 bits per heavy atom. The molecule has 3 rings (SSSR count). The van der Waals surface area contributed by atoms with Gasteiger partial charge in [0.1, 0.15) is 24.0 Å². The van der Waals surface area contributed by atoms with Crippen LogP contribution in [0, 0.1) is 0 Å². The lowest BCUT2D eigenvalue weighted by Gasteiger charge is -2.32. The number of carbonyl (C=O) groups excluding carboxylic acids is 2. The standard InChI is InChI=1S/C30H38N2O5/c1-30(2,3)37-29(35)32(5)26(21-22-14-15-23-10-6-7-12-25(23)20-22)28(34)31(4)17-16-24-11-8-9-13-27(24)36-19-18-33/h6-15,20,26,33H,16-19,21H2,1-5H3/t26-/m1/s1. The Kier molecular flexibility index (Phi) is 9.53. The average Bonchev–Trinajstić information content (AvgIpc) is 2.87. The Hall–Kier alpha value is -3.58. The van der Waals surface area contributed by atoms with E-state index in [9.17, 15) is 9.59 Å². The monoisotopic (exact) mass is 506 g/mol. The molecule has 7 nitrogen and oxygen atoms in total. The summed E-state index contributed by atoms with van der Waals surface area (Å²) in [4.78, 5) is 29.7. The number of ether oxygens (including phenoxy) is 2. The van der Waals surface area contributed by atoms with Gasteiger partial charge in [-0.3, -0.25) is 9.69 Å². The van der Waals surface area contributed by atoms with Crippen molar-refractivity contribution >= 4 is 22.8 Å². The molecule has 2 amide bonds. The molecule has 0 aromatic heterocycles. The Labute approximate surface area is 219 Å². The molecule has 0 bridgehead atoms. The van der Waals surface area contributed by atoms with Gasteiger partial charge in [-0.1, -0.05) is 60.7 Å². The number of amides is 2. The van der Waals surface area contributed by atoms with Crippen LogP contribution in [-0.2, 0) is 22.4 Å². The van der Waals surface area contributed by atoms with E-state index in [-0.39, 0.29) is 19.1 Å². The fourth-order valence-electron chi connectivity index (χ4n) is 4.10. The number of aliphatic hydroxyl groups is 1. The minimum atomic E-state index is -0.734. The molecule has 37 heavy (non-hydrogen) atoms. The van der Waals surface area contributed by atoms with Crippen molar-refractivity contribution < 1.29 is 24.2 Å². The third-order valence-corrected chi connectivity index (χ3v) is 6.09. The molecule has 0 radical (unpaired) electrons. The Balaban J connectivity index is 1.80. The number of aliphatic hydroxyl groups excluding tert-OH is 1. The second-order valence-electron chi connectivity index (χ2n) is 10.2. The van der Waals surface area contributed by atoms with Crippen LogP contribution in [0.3, 0.4) is 0 Å². The normalized spacial score (nSPS) is 12.2. The number of hydrogen-bond donors (Lipinski definition) is 1. The summed E-state index contributed by atoms with van der Waals surface area (Å²) < 4.78 is 11.2. The molecule has 1 N–H and O–H groups in total. The highest BCUT2D eigenvalue weighted by atomic mass is 16.6. The molecule has 0 saturated heterocycles. The first kappa shape index (κ1) is 28.0. The van der Waals surface area contributed by atoms with Gasteiger partial charge >= 0.3 is 6.09 Å². The van der Waals surface area contributed by atoms with Gasteiger partial charge in [-0.05, 0) is 55.2 Å². The molecule has 0 fully saturated rings. The topological polar surface area (TPSA) is 79.3 Å². The minimum absolute atomic E-state index is 0.0693. The van der Waals surface area contributed by atoms with Crippen LogP contribution in [0.25, 0.3) is 10.8 Å². The molecule has 198 valence electrons. The van der Waals surface area contributed by atoms with Crippen molar-refractivity contribution in [2.45, 2.75) is 45.3 Å². The fourth-order valence-corrected chi connectivity index (χ4v) is 4.10. The number of carbonyl (C=O) groups is 2. The van der Waals surface area contributed by atoms with Gasteiger partial charge in [0.25, 0.3) is 0 Å². The van der Waals surface area contributed by atoms with Crippen LogP contribution in [0.1, 0.15) is 31.9 Å². The highest BCUT2D eigenvalue weighted by molar-refractivity contribution is 5.87. The molecular weight excluding hydrogens is 468 g/mol. The lowest BCUT2D eigenvalue weighted by molar-refractivity contribution is -0.135. The molecule has 1 atom stereocenters. The van der Waals surface area contributed by atoms with E-state index in [1.165, 1.54) is 4.90 Å². The summed E-state index contributed by atoms with van der Waals surface area (Å²) >= 11 is 0. The van der Waals surface area contributed by atoms with Crippen molar-refractivity contribution in [2.24, 2.45) is 0 Å². The number of benzene rings is 3. The minimum Gasteiger partial charge on any atom is -0.491 e. The van der Waals surface area contributed by atoms with Gasteiger partial charge in [-0.2, -0.15) is 0 Å². The highest BCUT2D eigenvalue weighted by Gasteiger charge is 2.32. The summed E-state index contributed by atoms with van der Waals surface area (Å²) in [7, 11) is 3.36. The van der Waals surface area contributed by atoms with Gasteiger partial charge < -0.3 is 19.5 Å². The van der Waals surface area contributed by atoms with Crippen molar-refractivity contribution in [1.29, 1.82) is 0 Å². The number of fused-ring (bicyclic) bond motifs is 1. The van der Waals surface area contributed by atoms with E-state index in [4.69, 9.17) is 14.6 Å². The van der Waals surface area contributed by atoms with E-state index in [2.05, 4.69) is 6.07 Å². The van der Waals surface area contributed by atoms with E-state index < -0.39 is 17.7 Å². The smallest absolute Gasteiger partial charge is 0.410 e. The molecule has 0 saturated carbocycles. The SMILES string of the molecule is CN(CCc1ccccc1OCCO)C(=O)[C@@H](Cc1ccc2ccccc2c1)N(C)C(=O)OC(C)(C)C. The quantitative estimate of drug-likeness (QED) is 0.432. The third kappa shape index (κ3) is 7.95. The first-order chi connectivity index (χ1) is 17.6. The van der Waals surface area contributed by atoms with Crippen molar-refractivity contribution in [1.82, 2.24) is 9.80 Å². The van der Waals surface area contributed by atoms with E-state index in [1.54, 1.807) is 39.8 Å². The largest absolute Gasteiger partial charge is 0.491 e. The molecule has 3 aromatic rings. The summed E-state index contributed by atoms with van der Waals surface area (Å²) in [6, 6.07) is 21.0. The highest BCUT2D eigenvalue weighted by Crippen LogP contribution is 2.21. The number of rotatable bonds is 10. The van der Waals surface area contributed by atoms with Crippen LogP contribution in [-0.4, -0.2) is 72.4 Å². The predicted octanol–water partition coefficient (Wildman–Crippen LogP) is 4.69. The number of hydrogen-bond acceptors (Lipinski definition) is 5. The average molecular weight is 507 g/mol. The summed E-state index contributed by atoms with van der Waals surface area (Å²) in [6.07, 6.45) is 0.394. The fraction of sp³-hybridized carbons (Fsp3) is 0.400. The second kappa shape index (κ2) is 12.6. The van der Waals surface area contributed by atoms with Crippen molar-refractivity contribution in [2.75, 3.05) is 33.9 Å². The zero-order valence-electron chi connectivity index (χ0n) is 22.4. The van der Waals surface area contributed by atoms with E-state index in [1.807, 2.05) is 60.7 Å². The molecule has 0 unspecified atom stereocenters. The van der Waals surface area contributed by atoms with Crippen molar-refractivity contribution in [3.8, 4) is 5.75 Å². The van der Waals surface area contributed by atoms with Crippen LogP contribution >= 0.6 is 0 Å². The maximum absolute atomic E-state index is 13.7. The van der Waals surface area contributed by atoms with E-state index >= 15 is 0 Å². The predicted molar refractivity (Wildman–Crippen MR) is 146 cm³/mol. The van der Waals surface area contributed by atoms with Gasteiger partial charge in [-0.25, -0.2) is 4.79 Å². The summed E-state index contributed by atoms with van der Waals surface area (Å²) in [5.74, 6) is 0.520. The molecule has 0 spiro atoms. The van der Waals surface area contributed by atoms with Gasteiger partial charge in [-0.15, -0.1) is 0 Å². The van der Waals surface area contributed by atoms with Gasteiger partial charge in [0.2, 0.25) is 5.91 Å². The maximum Gasteiger partial charge on any atom is 0.410 e. The van der Waals surface area contributed by atoms with Crippen molar-refractivity contribution in [3.05, 3.63) is 77.9 Å². The molecule has 0 heterocycles. The molecular formula is C30H38N2O5. The first-order valence-electron chi connectivity index (χ1n) is 12.6. The lowest BCUT2D eigenvalue weighted by Crippen LogP contribution is -2.51. The van der Waals surface area contributed by atoms with E-state index in [0.29, 0.717) is 25.1 Å². The maximum atomic E-state index is 13.7. The first-order valence-corrected chi connectivity index (χ1v) is 12.6. The summed E-state index contributed by atoms with van der Waals surface area (Å²) in [6.45, 7) is 6.00. The van der Waals surface area contributed by atoms with Gasteiger partial charge in [0.05, 0.1) is 6.61 Å². The molecule has 0 aliphatic rings. The number of nitrogens with zero attached hydrogens (tertiary/aromatic N) is 2. The Morgan fingerprint density at radius 3 is 2.32 bits per heavy atom. The van der Waals surface area contributed by atoms with Gasteiger partial charge in [0.15, 0.2) is 0 Å². The summed E-state index contributed by atoms with van der Waals surface area (Å²) in [5, 5.41) is 11.3. The zero-order chi connectivity index (χ0) is 27.0.